The third-order valence-corrected chi connectivity index (χ3v) is 2.00. The first kappa shape index (κ1) is 17.4. The van der Waals surface area contributed by atoms with Gasteiger partial charge in [0.1, 0.15) is 0 Å². The molecule has 0 aromatic carbocycles. The van der Waals surface area contributed by atoms with E-state index in [-0.39, 0.29) is 18.6 Å². The zero-order valence-corrected chi connectivity index (χ0v) is 11.7. The third kappa shape index (κ3) is 11.2. The van der Waals surface area contributed by atoms with Crippen LogP contribution in [-0.2, 0) is 14.3 Å². The highest BCUT2D eigenvalue weighted by Gasteiger charge is 2.07. The topological polar surface area (TPSA) is 96.5 Å². The molecule has 0 saturated carbocycles. The molecule has 0 saturated heterocycles. The van der Waals surface area contributed by atoms with Crippen molar-refractivity contribution in [1.82, 2.24) is 16.0 Å². The van der Waals surface area contributed by atoms with Crippen LogP contribution in [0.5, 0.6) is 0 Å². The van der Waals surface area contributed by atoms with Crippen molar-refractivity contribution in [3.8, 4) is 0 Å². The monoisotopic (exact) mass is 273 g/mol. The molecule has 0 spiro atoms. The largest absolute Gasteiger partial charge is 0.466 e. The summed E-state index contributed by atoms with van der Waals surface area (Å²) in [5.41, 5.74) is 0. The van der Waals surface area contributed by atoms with Crippen molar-refractivity contribution in [2.75, 3.05) is 19.7 Å². The number of imide groups is 1. The van der Waals surface area contributed by atoms with Gasteiger partial charge >= 0.3 is 12.0 Å². The molecule has 0 radical (unpaired) electrons. The van der Waals surface area contributed by atoms with Crippen molar-refractivity contribution < 1.29 is 19.1 Å². The lowest BCUT2D eigenvalue weighted by atomic mass is 10.3. The van der Waals surface area contributed by atoms with Crippen molar-refractivity contribution >= 4 is 17.9 Å². The average Bonchev–Trinajstić information content (AvgIpc) is 2.27. The Morgan fingerprint density at radius 3 is 2.47 bits per heavy atom. The van der Waals surface area contributed by atoms with E-state index < -0.39 is 11.9 Å². The van der Waals surface area contributed by atoms with E-state index in [1.165, 1.54) is 0 Å². The number of ether oxygens (including phenoxy) is 1. The van der Waals surface area contributed by atoms with Crippen LogP contribution in [0.15, 0.2) is 0 Å². The van der Waals surface area contributed by atoms with Gasteiger partial charge in [-0.3, -0.25) is 14.9 Å². The van der Waals surface area contributed by atoms with E-state index in [2.05, 4.69) is 16.0 Å². The van der Waals surface area contributed by atoms with Crippen LogP contribution in [0.4, 0.5) is 4.79 Å². The first-order chi connectivity index (χ1) is 8.95. The Morgan fingerprint density at radius 2 is 1.89 bits per heavy atom. The SMILES string of the molecule is CCOC(=O)CCCNCC(=O)NC(=O)NC(C)C. The summed E-state index contributed by atoms with van der Waals surface area (Å²) >= 11 is 0. The molecule has 0 aliphatic carbocycles. The lowest BCUT2D eigenvalue weighted by Gasteiger charge is -2.09. The Labute approximate surface area is 113 Å². The number of carbonyl (C=O) groups is 3. The molecule has 0 heterocycles. The van der Waals surface area contributed by atoms with Crippen molar-refractivity contribution in [3.05, 3.63) is 0 Å². The minimum absolute atomic E-state index is 0.0228. The van der Waals surface area contributed by atoms with Crippen LogP contribution in [0.1, 0.15) is 33.6 Å². The number of carbonyl (C=O) groups excluding carboxylic acids is 3. The quantitative estimate of drug-likeness (QED) is 0.432. The summed E-state index contributed by atoms with van der Waals surface area (Å²) in [6.07, 6.45) is 0.903. The highest BCUT2D eigenvalue weighted by atomic mass is 16.5. The molecule has 0 aliphatic heterocycles. The molecule has 110 valence electrons. The van der Waals surface area contributed by atoms with Gasteiger partial charge in [-0.2, -0.15) is 0 Å². The van der Waals surface area contributed by atoms with Crippen LogP contribution in [0.25, 0.3) is 0 Å². The van der Waals surface area contributed by atoms with Crippen LogP contribution < -0.4 is 16.0 Å². The number of rotatable bonds is 8. The van der Waals surface area contributed by atoms with E-state index in [0.717, 1.165) is 0 Å². The van der Waals surface area contributed by atoms with Gasteiger partial charge in [-0.05, 0) is 33.7 Å². The Morgan fingerprint density at radius 1 is 1.21 bits per heavy atom. The van der Waals surface area contributed by atoms with Gasteiger partial charge in [0.15, 0.2) is 0 Å². The van der Waals surface area contributed by atoms with Crippen molar-refractivity contribution in [3.63, 3.8) is 0 Å². The summed E-state index contributed by atoms with van der Waals surface area (Å²) < 4.78 is 4.76. The first-order valence-corrected chi connectivity index (χ1v) is 6.42. The van der Waals surface area contributed by atoms with Crippen molar-refractivity contribution in [1.29, 1.82) is 0 Å². The van der Waals surface area contributed by atoms with Gasteiger partial charge in [-0.15, -0.1) is 0 Å². The minimum Gasteiger partial charge on any atom is -0.466 e. The molecule has 19 heavy (non-hydrogen) atoms. The Kier molecular flexibility index (Phi) is 9.42. The van der Waals surface area contributed by atoms with E-state index in [1.807, 2.05) is 0 Å². The smallest absolute Gasteiger partial charge is 0.321 e. The zero-order chi connectivity index (χ0) is 14.7. The van der Waals surface area contributed by atoms with Gasteiger partial charge in [0.25, 0.3) is 0 Å². The third-order valence-electron chi connectivity index (χ3n) is 2.00. The normalized spacial score (nSPS) is 10.1. The molecular weight excluding hydrogens is 250 g/mol. The van der Waals surface area contributed by atoms with Gasteiger partial charge in [-0.1, -0.05) is 0 Å². The van der Waals surface area contributed by atoms with Crippen molar-refractivity contribution in [2.45, 2.75) is 39.7 Å². The lowest BCUT2D eigenvalue weighted by molar-refractivity contribution is -0.143. The predicted molar refractivity (Wildman–Crippen MR) is 70.5 cm³/mol. The summed E-state index contributed by atoms with van der Waals surface area (Å²) in [6, 6.07) is -0.529. The second kappa shape index (κ2) is 10.3. The number of nitrogens with one attached hydrogen (secondary N) is 3. The van der Waals surface area contributed by atoms with Gasteiger partial charge in [-0.25, -0.2) is 4.79 Å². The number of urea groups is 1. The highest BCUT2D eigenvalue weighted by Crippen LogP contribution is 1.90. The molecule has 0 unspecified atom stereocenters. The standard InChI is InChI=1S/C12H23N3O4/c1-4-19-11(17)6-5-7-13-8-10(16)15-12(18)14-9(2)3/h9,13H,4-8H2,1-3H3,(H2,14,15,16,18). The molecule has 0 aromatic rings. The first-order valence-electron chi connectivity index (χ1n) is 6.42. The van der Waals surface area contributed by atoms with Gasteiger partial charge in [0, 0.05) is 12.5 Å². The Hall–Kier alpha value is -1.63. The van der Waals surface area contributed by atoms with Gasteiger partial charge in [0.2, 0.25) is 5.91 Å². The second-order valence-electron chi connectivity index (χ2n) is 4.26. The fraction of sp³-hybridized carbons (Fsp3) is 0.750. The maximum Gasteiger partial charge on any atom is 0.321 e. The molecule has 7 nitrogen and oxygen atoms in total. The number of amides is 3. The van der Waals surface area contributed by atoms with Crippen LogP contribution in [-0.4, -0.2) is 43.6 Å². The molecule has 3 N–H and O–H groups in total. The molecule has 0 bridgehead atoms. The second-order valence-corrected chi connectivity index (χ2v) is 4.26. The summed E-state index contributed by atoms with van der Waals surface area (Å²) in [5.74, 6) is -0.653. The van der Waals surface area contributed by atoms with E-state index in [1.54, 1.807) is 20.8 Å². The summed E-state index contributed by atoms with van der Waals surface area (Å²) in [4.78, 5) is 33.5. The molecule has 0 aromatic heterocycles. The Bertz CT molecular complexity index is 305. The zero-order valence-electron chi connectivity index (χ0n) is 11.7. The number of hydrogen-bond donors (Lipinski definition) is 3. The minimum atomic E-state index is -0.506. The molecule has 0 aliphatic rings. The van der Waals surface area contributed by atoms with E-state index in [0.29, 0.717) is 26.0 Å². The van der Waals surface area contributed by atoms with Crippen LogP contribution in [0, 0.1) is 0 Å². The number of esters is 1. The highest BCUT2D eigenvalue weighted by molar-refractivity contribution is 5.95. The molecule has 0 rings (SSSR count). The van der Waals surface area contributed by atoms with Crippen LogP contribution >= 0.6 is 0 Å². The fourth-order valence-corrected chi connectivity index (χ4v) is 1.26. The number of hydrogen-bond acceptors (Lipinski definition) is 5. The van der Waals surface area contributed by atoms with E-state index in [4.69, 9.17) is 4.74 Å². The van der Waals surface area contributed by atoms with Crippen LogP contribution in [0.3, 0.4) is 0 Å². The van der Waals surface area contributed by atoms with Crippen LogP contribution in [0.2, 0.25) is 0 Å². The van der Waals surface area contributed by atoms with E-state index >= 15 is 0 Å². The summed E-state index contributed by atoms with van der Waals surface area (Å²) in [6.45, 7) is 6.28. The maximum absolute atomic E-state index is 11.3. The van der Waals surface area contributed by atoms with E-state index in [9.17, 15) is 14.4 Å². The molecule has 0 atom stereocenters. The van der Waals surface area contributed by atoms with Gasteiger partial charge in [0.05, 0.1) is 13.2 Å². The molecule has 0 fully saturated rings. The van der Waals surface area contributed by atoms with Crippen molar-refractivity contribution in [2.24, 2.45) is 0 Å². The molecule has 3 amide bonds. The lowest BCUT2D eigenvalue weighted by Crippen LogP contribution is -2.45. The Balaban J connectivity index is 3.53. The average molecular weight is 273 g/mol. The summed E-state index contributed by atoms with van der Waals surface area (Å²) in [7, 11) is 0. The molecular formula is C12H23N3O4. The fourth-order valence-electron chi connectivity index (χ4n) is 1.26. The predicted octanol–water partition coefficient (Wildman–Crippen LogP) is 0.154. The molecule has 7 heteroatoms. The summed E-state index contributed by atoms with van der Waals surface area (Å²) in [5, 5.41) is 7.57. The van der Waals surface area contributed by atoms with Gasteiger partial charge < -0.3 is 15.4 Å². The maximum atomic E-state index is 11.3.